The maximum absolute atomic E-state index is 11.1. The van der Waals surface area contributed by atoms with E-state index >= 15 is 0 Å². The number of anilines is 1. The molecule has 0 radical (unpaired) electrons. The number of nitriles is 1. The summed E-state index contributed by atoms with van der Waals surface area (Å²) in [7, 11) is 0. The zero-order valence-corrected chi connectivity index (χ0v) is 16.7. The van der Waals surface area contributed by atoms with Crippen LogP contribution in [0, 0.1) is 25.2 Å². The molecule has 1 N–H and O–H groups in total. The maximum atomic E-state index is 11.1. The Morgan fingerprint density at radius 1 is 1.14 bits per heavy atom. The average Bonchev–Trinajstić information content (AvgIpc) is 3.12. The van der Waals surface area contributed by atoms with E-state index in [0.717, 1.165) is 61.5 Å². The monoisotopic (exact) mass is 376 g/mol. The molecule has 5 heteroatoms. The fourth-order valence-corrected chi connectivity index (χ4v) is 4.75. The van der Waals surface area contributed by atoms with Gasteiger partial charge in [0.25, 0.3) is 0 Å². The van der Waals surface area contributed by atoms with Gasteiger partial charge in [-0.05, 0) is 50.3 Å². The molecule has 5 nitrogen and oxygen atoms in total. The van der Waals surface area contributed by atoms with E-state index in [1.807, 2.05) is 50.2 Å². The van der Waals surface area contributed by atoms with Gasteiger partial charge in [0.05, 0.1) is 5.56 Å². The highest BCUT2D eigenvalue weighted by molar-refractivity contribution is 5.58. The number of benzene rings is 1. The first-order chi connectivity index (χ1) is 13.5. The van der Waals surface area contributed by atoms with Crippen LogP contribution in [0.5, 0.6) is 0 Å². The molecule has 1 aromatic heterocycles. The Kier molecular flexibility index (Phi) is 5.09. The predicted octanol–water partition coefficient (Wildman–Crippen LogP) is 3.13. The van der Waals surface area contributed by atoms with Crippen LogP contribution in [-0.4, -0.2) is 47.2 Å². The summed E-state index contributed by atoms with van der Waals surface area (Å²) in [5.41, 5.74) is 2.94. The Hall–Kier alpha value is -2.42. The Balaban J connectivity index is 1.43. The molecule has 2 fully saturated rings. The van der Waals surface area contributed by atoms with Gasteiger partial charge in [-0.25, -0.2) is 4.98 Å². The topological polar surface area (TPSA) is 63.4 Å². The highest BCUT2D eigenvalue weighted by Crippen LogP contribution is 2.35. The molecule has 0 aliphatic carbocycles. The standard InChI is InChI=1S/C23H28N4O/c1-17-14-18(2)25-22(21(17)15-24)26-11-8-20(9-12-26)27-13-10-23(28,16-27)19-6-4-3-5-7-19/h3-7,14,20,28H,8-13,16H2,1-2H3/t23-/m1/s1. The molecule has 2 aliphatic heterocycles. The van der Waals surface area contributed by atoms with Crippen molar-refractivity contribution in [2.45, 2.75) is 44.8 Å². The summed E-state index contributed by atoms with van der Waals surface area (Å²) in [6.45, 7) is 7.40. The fraction of sp³-hybridized carbons (Fsp3) is 0.478. The molecular formula is C23H28N4O. The van der Waals surface area contributed by atoms with Crippen LogP contribution in [0.4, 0.5) is 5.82 Å². The van der Waals surface area contributed by atoms with Crippen LogP contribution >= 0.6 is 0 Å². The van der Waals surface area contributed by atoms with E-state index in [4.69, 9.17) is 0 Å². The normalized spacial score (nSPS) is 23.7. The Morgan fingerprint density at radius 2 is 1.86 bits per heavy atom. The summed E-state index contributed by atoms with van der Waals surface area (Å²) in [5.74, 6) is 0.834. The van der Waals surface area contributed by atoms with Gasteiger partial charge in [0.1, 0.15) is 17.5 Å². The zero-order chi connectivity index (χ0) is 19.7. The molecule has 1 aromatic carbocycles. The van der Waals surface area contributed by atoms with Gasteiger partial charge in [0.15, 0.2) is 0 Å². The number of likely N-dealkylation sites (tertiary alicyclic amines) is 1. The summed E-state index contributed by atoms with van der Waals surface area (Å²) in [6.07, 6.45) is 2.85. The van der Waals surface area contributed by atoms with Crippen molar-refractivity contribution in [2.75, 3.05) is 31.1 Å². The number of hydrogen-bond acceptors (Lipinski definition) is 5. The molecule has 2 aromatic rings. The minimum atomic E-state index is -0.735. The Labute approximate surface area is 167 Å². The van der Waals surface area contributed by atoms with Crippen molar-refractivity contribution < 1.29 is 5.11 Å². The van der Waals surface area contributed by atoms with Gasteiger partial charge in [0, 0.05) is 37.9 Å². The van der Waals surface area contributed by atoms with Crippen molar-refractivity contribution in [3.05, 3.63) is 58.8 Å². The van der Waals surface area contributed by atoms with Crippen molar-refractivity contribution in [1.82, 2.24) is 9.88 Å². The minimum absolute atomic E-state index is 0.477. The third kappa shape index (κ3) is 3.50. The molecular weight excluding hydrogens is 348 g/mol. The van der Waals surface area contributed by atoms with E-state index in [2.05, 4.69) is 20.9 Å². The van der Waals surface area contributed by atoms with Crippen molar-refractivity contribution in [3.8, 4) is 6.07 Å². The molecule has 3 heterocycles. The van der Waals surface area contributed by atoms with Crippen molar-refractivity contribution in [2.24, 2.45) is 0 Å². The zero-order valence-electron chi connectivity index (χ0n) is 16.7. The third-order valence-electron chi connectivity index (χ3n) is 6.31. The van der Waals surface area contributed by atoms with Gasteiger partial charge in [0.2, 0.25) is 0 Å². The summed E-state index contributed by atoms with van der Waals surface area (Å²) in [6, 6.07) is 14.8. The van der Waals surface area contributed by atoms with Gasteiger partial charge in [-0.15, -0.1) is 0 Å². The predicted molar refractivity (Wildman–Crippen MR) is 110 cm³/mol. The molecule has 0 saturated carbocycles. The fourth-order valence-electron chi connectivity index (χ4n) is 4.75. The van der Waals surface area contributed by atoms with E-state index in [-0.39, 0.29) is 0 Å². The van der Waals surface area contributed by atoms with Crippen molar-refractivity contribution >= 4 is 5.82 Å². The van der Waals surface area contributed by atoms with Crippen molar-refractivity contribution in [1.29, 1.82) is 5.26 Å². The molecule has 0 bridgehead atoms. The molecule has 0 unspecified atom stereocenters. The smallest absolute Gasteiger partial charge is 0.147 e. The molecule has 4 rings (SSSR count). The number of aromatic nitrogens is 1. The average molecular weight is 377 g/mol. The maximum Gasteiger partial charge on any atom is 0.147 e. The van der Waals surface area contributed by atoms with Gasteiger partial charge in [-0.1, -0.05) is 30.3 Å². The molecule has 28 heavy (non-hydrogen) atoms. The van der Waals surface area contributed by atoms with E-state index < -0.39 is 5.60 Å². The summed E-state index contributed by atoms with van der Waals surface area (Å²) in [5, 5.41) is 20.7. The van der Waals surface area contributed by atoms with E-state index in [1.165, 1.54) is 0 Å². The Morgan fingerprint density at radius 3 is 2.54 bits per heavy atom. The number of aryl methyl sites for hydroxylation is 2. The first-order valence-electron chi connectivity index (χ1n) is 10.2. The number of aliphatic hydroxyl groups is 1. The van der Waals surface area contributed by atoms with Crippen LogP contribution < -0.4 is 4.90 Å². The summed E-state index contributed by atoms with van der Waals surface area (Å²) in [4.78, 5) is 9.37. The molecule has 2 saturated heterocycles. The third-order valence-corrected chi connectivity index (χ3v) is 6.31. The van der Waals surface area contributed by atoms with Crippen LogP contribution in [0.1, 0.15) is 41.6 Å². The van der Waals surface area contributed by atoms with Crippen LogP contribution in [-0.2, 0) is 5.60 Å². The van der Waals surface area contributed by atoms with Crippen LogP contribution in [0.15, 0.2) is 36.4 Å². The molecule has 1 atom stereocenters. The summed E-state index contributed by atoms with van der Waals surface area (Å²) < 4.78 is 0. The van der Waals surface area contributed by atoms with Crippen LogP contribution in [0.2, 0.25) is 0 Å². The lowest BCUT2D eigenvalue weighted by molar-refractivity contribution is 0.0385. The first kappa shape index (κ1) is 18.9. The molecule has 2 aliphatic rings. The number of hydrogen-bond donors (Lipinski definition) is 1. The minimum Gasteiger partial charge on any atom is -0.384 e. The van der Waals surface area contributed by atoms with Gasteiger partial charge < -0.3 is 10.0 Å². The molecule has 0 spiro atoms. The number of rotatable bonds is 3. The lowest BCUT2D eigenvalue weighted by Crippen LogP contribution is -2.45. The second-order valence-electron chi connectivity index (χ2n) is 8.23. The SMILES string of the molecule is Cc1cc(C)c(C#N)c(N2CCC(N3CC[C@](O)(c4ccccc4)C3)CC2)n1. The van der Waals surface area contributed by atoms with Crippen molar-refractivity contribution in [3.63, 3.8) is 0 Å². The summed E-state index contributed by atoms with van der Waals surface area (Å²) >= 11 is 0. The number of β-amino-alcohol motifs (C(OH)–C–C–N with tert-alkyl or cyclic N) is 1. The van der Waals surface area contributed by atoms with Gasteiger partial charge in [-0.3, -0.25) is 4.90 Å². The van der Waals surface area contributed by atoms with E-state index in [1.54, 1.807) is 0 Å². The second kappa shape index (κ2) is 7.54. The lowest BCUT2D eigenvalue weighted by Gasteiger charge is -2.38. The molecule has 146 valence electrons. The number of nitrogens with zero attached hydrogens (tertiary/aromatic N) is 4. The van der Waals surface area contributed by atoms with Crippen LogP contribution in [0.3, 0.4) is 0 Å². The quantitative estimate of drug-likeness (QED) is 0.892. The number of piperidine rings is 1. The van der Waals surface area contributed by atoms with E-state index in [0.29, 0.717) is 18.2 Å². The number of pyridine rings is 1. The van der Waals surface area contributed by atoms with Gasteiger partial charge >= 0.3 is 0 Å². The van der Waals surface area contributed by atoms with Crippen LogP contribution in [0.25, 0.3) is 0 Å². The Bertz CT molecular complexity index is 883. The lowest BCUT2D eigenvalue weighted by atomic mass is 9.93. The molecule has 0 amide bonds. The second-order valence-corrected chi connectivity index (χ2v) is 8.23. The van der Waals surface area contributed by atoms with E-state index in [9.17, 15) is 10.4 Å². The van der Waals surface area contributed by atoms with Gasteiger partial charge in [-0.2, -0.15) is 5.26 Å². The highest BCUT2D eigenvalue weighted by atomic mass is 16.3. The first-order valence-corrected chi connectivity index (χ1v) is 10.2. The highest BCUT2D eigenvalue weighted by Gasteiger charge is 2.40. The largest absolute Gasteiger partial charge is 0.384 e.